The van der Waals surface area contributed by atoms with Gasteiger partial charge in [0.2, 0.25) is 21.8 Å². The van der Waals surface area contributed by atoms with Gasteiger partial charge in [-0.2, -0.15) is 0 Å². The number of hydrogen-bond donors (Lipinski definition) is 3. The normalized spacial score (nSPS) is 25.2. The molecule has 3 fully saturated rings. The van der Waals surface area contributed by atoms with Crippen LogP contribution < -0.4 is 29.7 Å². The third-order valence-electron chi connectivity index (χ3n) is 10.7. The van der Waals surface area contributed by atoms with Crippen LogP contribution >= 0.6 is 23.1 Å². The van der Waals surface area contributed by atoms with E-state index in [2.05, 4.69) is 10.3 Å². The van der Waals surface area contributed by atoms with Crippen molar-refractivity contribution in [3.05, 3.63) is 92.4 Å². The molecule has 3 aromatic carbocycles. The Morgan fingerprint density at radius 1 is 0.963 bits per heavy atom. The molecule has 2 aliphatic heterocycles. The summed E-state index contributed by atoms with van der Waals surface area (Å²) in [5.41, 5.74) is 1.94. The number of esters is 1. The van der Waals surface area contributed by atoms with Gasteiger partial charge in [0.05, 0.1) is 46.7 Å². The van der Waals surface area contributed by atoms with Crippen molar-refractivity contribution >= 4 is 68.2 Å². The molecule has 3 heterocycles. The number of sulfonamides is 1. The number of fused-ring (bicyclic) bond motifs is 9. The molecular formula is C37H34N4O10S3. The maximum absolute atomic E-state index is 14.2. The largest absolute Gasteiger partial charge is 0.493 e. The van der Waals surface area contributed by atoms with Crippen LogP contribution in [0.5, 0.6) is 11.5 Å². The van der Waals surface area contributed by atoms with Crippen molar-refractivity contribution < 1.29 is 41.8 Å². The van der Waals surface area contributed by atoms with Gasteiger partial charge in [-0.15, -0.1) is 11.8 Å². The number of primary sulfonamides is 1. The van der Waals surface area contributed by atoms with Gasteiger partial charge in [-0.25, -0.2) is 18.4 Å². The minimum absolute atomic E-state index is 0.0356. The second-order valence-electron chi connectivity index (χ2n) is 13.6. The topological polar surface area (TPSA) is 204 Å². The van der Waals surface area contributed by atoms with Crippen LogP contribution in [0.25, 0.3) is 0 Å². The number of hydrogen-bond acceptors (Lipinski definition) is 12. The lowest BCUT2D eigenvalue weighted by molar-refractivity contribution is -0.123. The lowest BCUT2D eigenvalue weighted by Crippen LogP contribution is -2.42. The summed E-state index contributed by atoms with van der Waals surface area (Å²) >= 11 is 2.72. The standard InChI is InChI=1S/C37H34N4O10S3/c1-3-50-36(45)17-4-9-20(10-5-17)41-34(43)29-22-15-23(30(29)35(41)44)31-28(22)27(32-33(52-31)40-37(46)53-32)18-6-13-24(25(14-18)49-2)51-16-26(42)39-19-7-11-21(12-8-19)54(38,47)48/h4-14,22-23,27-31H,3,15-16H2,1-2H3,(H,39,42)(H,40,46)(H2,38,47,48)/t22-,23-,27-,28?,29?,30?,31?/m1/s1. The van der Waals surface area contributed by atoms with Crippen LogP contribution in [0, 0.1) is 29.6 Å². The third-order valence-corrected chi connectivity index (χ3v) is 14.3. The maximum Gasteiger partial charge on any atom is 0.338 e. The summed E-state index contributed by atoms with van der Waals surface area (Å²) in [6, 6.07) is 17.1. The molecule has 14 nitrogen and oxygen atoms in total. The van der Waals surface area contributed by atoms with Crippen molar-refractivity contribution in [1.29, 1.82) is 0 Å². The smallest absolute Gasteiger partial charge is 0.338 e. The first-order valence-electron chi connectivity index (χ1n) is 17.2. The molecule has 280 valence electrons. The molecule has 2 bridgehead atoms. The van der Waals surface area contributed by atoms with Gasteiger partial charge in [-0.1, -0.05) is 17.4 Å². The minimum atomic E-state index is -3.87. The Bertz CT molecular complexity index is 2360. The predicted octanol–water partition coefficient (Wildman–Crippen LogP) is 3.96. The molecule has 4 aliphatic rings. The Hall–Kier alpha value is -4.97. The number of rotatable bonds is 10. The molecule has 54 heavy (non-hydrogen) atoms. The number of nitrogens with two attached hydrogens (primary N) is 1. The molecule has 1 saturated heterocycles. The molecule has 7 atom stereocenters. The molecular weight excluding hydrogens is 757 g/mol. The van der Waals surface area contributed by atoms with Crippen LogP contribution in [0.1, 0.15) is 40.1 Å². The minimum Gasteiger partial charge on any atom is -0.493 e. The number of amides is 3. The van der Waals surface area contributed by atoms with Crippen LogP contribution in [0.4, 0.5) is 11.4 Å². The van der Waals surface area contributed by atoms with E-state index < -0.39 is 33.7 Å². The number of thiazole rings is 1. The van der Waals surface area contributed by atoms with E-state index in [1.165, 1.54) is 36.3 Å². The van der Waals surface area contributed by atoms with Crippen molar-refractivity contribution in [2.45, 2.75) is 34.4 Å². The van der Waals surface area contributed by atoms with Crippen LogP contribution in [-0.2, 0) is 29.1 Å². The van der Waals surface area contributed by atoms with E-state index in [0.717, 1.165) is 26.8 Å². The summed E-state index contributed by atoms with van der Waals surface area (Å²) in [5.74, 6) is -2.37. The summed E-state index contributed by atoms with van der Waals surface area (Å²) in [7, 11) is -2.39. The van der Waals surface area contributed by atoms with Gasteiger partial charge < -0.3 is 24.5 Å². The van der Waals surface area contributed by atoms with Crippen LogP contribution in [0.2, 0.25) is 0 Å². The average molecular weight is 791 g/mol. The first-order chi connectivity index (χ1) is 25.9. The highest BCUT2D eigenvalue weighted by Crippen LogP contribution is 2.68. The van der Waals surface area contributed by atoms with E-state index in [0.29, 0.717) is 34.9 Å². The molecule has 0 radical (unpaired) electrons. The number of ether oxygens (including phenoxy) is 3. The number of H-pyrrole nitrogens is 1. The number of nitrogens with zero attached hydrogens (tertiary/aromatic N) is 1. The number of methoxy groups -OCH3 is 1. The summed E-state index contributed by atoms with van der Waals surface area (Å²) in [6.07, 6.45) is 0.707. The van der Waals surface area contributed by atoms with E-state index in [9.17, 15) is 32.4 Å². The highest BCUT2D eigenvalue weighted by atomic mass is 32.2. The van der Waals surface area contributed by atoms with Crippen molar-refractivity contribution in [2.24, 2.45) is 34.7 Å². The summed E-state index contributed by atoms with van der Waals surface area (Å²) in [6.45, 7) is 1.58. The van der Waals surface area contributed by atoms with Crippen molar-refractivity contribution in [3.63, 3.8) is 0 Å². The van der Waals surface area contributed by atoms with Crippen LogP contribution in [-0.4, -0.2) is 62.7 Å². The second kappa shape index (κ2) is 13.7. The Kier molecular flexibility index (Phi) is 9.15. The van der Waals surface area contributed by atoms with Crippen molar-refractivity contribution in [1.82, 2.24) is 4.98 Å². The van der Waals surface area contributed by atoms with E-state index >= 15 is 0 Å². The number of imide groups is 1. The van der Waals surface area contributed by atoms with Crippen molar-refractivity contribution in [2.75, 3.05) is 30.5 Å². The van der Waals surface area contributed by atoms with Crippen LogP contribution in [0.15, 0.2) is 81.4 Å². The van der Waals surface area contributed by atoms with Gasteiger partial charge in [0.15, 0.2) is 18.1 Å². The van der Waals surface area contributed by atoms with E-state index in [1.54, 1.807) is 49.0 Å². The Morgan fingerprint density at radius 3 is 2.33 bits per heavy atom. The van der Waals surface area contributed by atoms with Gasteiger partial charge in [0, 0.05) is 21.7 Å². The first kappa shape index (κ1) is 36.0. The Morgan fingerprint density at radius 2 is 1.67 bits per heavy atom. The number of aromatic amines is 1. The fourth-order valence-corrected chi connectivity index (χ4v) is 12.1. The predicted molar refractivity (Wildman–Crippen MR) is 198 cm³/mol. The highest BCUT2D eigenvalue weighted by molar-refractivity contribution is 8.00. The lowest BCUT2D eigenvalue weighted by atomic mass is 9.68. The zero-order valence-corrected chi connectivity index (χ0v) is 31.3. The monoisotopic (exact) mass is 790 g/mol. The van der Waals surface area contributed by atoms with Gasteiger partial charge in [-0.05, 0) is 97.3 Å². The quantitative estimate of drug-likeness (QED) is 0.155. The number of anilines is 2. The van der Waals surface area contributed by atoms with E-state index in [-0.39, 0.29) is 63.7 Å². The molecule has 4 N–H and O–H groups in total. The van der Waals surface area contributed by atoms with Gasteiger partial charge in [-0.3, -0.25) is 24.1 Å². The molecule has 3 amide bonds. The number of carbonyl (C=O) groups excluding carboxylic acids is 4. The number of benzene rings is 3. The van der Waals surface area contributed by atoms with Gasteiger partial charge >= 0.3 is 10.8 Å². The SMILES string of the molecule is CCOC(=O)c1ccc(N2C(=O)C3C(C2=O)[C@@H]2C[C@H]3C3Sc4[nH]c(=O)sc4[C@H](c4ccc(OCC(=O)Nc5ccc(S(N)(=O)=O)cc5)c(OC)c4)C32)cc1. The molecule has 17 heteroatoms. The second-order valence-corrected chi connectivity index (χ2v) is 17.3. The number of aromatic nitrogens is 1. The molecule has 2 aliphatic carbocycles. The molecule has 1 aromatic heterocycles. The number of carbonyl (C=O) groups is 4. The number of nitrogens with one attached hydrogen (secondary N) is 2. The zero-order valence-electron chi connectivity index (χ0n) is 28.8. The van der Waals surface area contributed by atoms with Crippen LogP contribution in [0.3, 0.4) is 0 Å². The third kappa shape index (κ3) is 6.08. The Balaban J connectivity index is 1.04. The fourth-order valence-electron chi connectivity index (χ4n) is 8.67. The average Bonchev–Trinajstić information content (AvgIpc) is 3.89. The van der Waals surface area contributed by atoms with Crippen molar-refractivity contribution in [3.8, 4) is 11.5 Å². The Labute approximate surface area is 317 Å². The van der Waals surface area contributed by atoms with E-state index in [1.807, 2.05) is 12.1 Å². The van der Waals surface area contributed by atoms with Gasteiger partial charge in [0.25, 0.3) is 5.91 Å². The zero-order chi connectivity index (χ0) is 38.1. The summed E-state index contributed by atoms with van der Waals surface area (Å²) < 4.78 is 39.7. The molecule has 4 unspecified atom stereocenters. The lowest BCUT2D eigenvalue weighted by Gasteiger charge is -2.43. The molecule has 8 rings (SSSR count). The number of thioether (sulfide) groups is 1. The van der Waals surface area contributed by atoms with Gasteiger partial charge in [0.1, 0.15) is 0 Å². The molecule has 2 saturated carbocycles. The summed E-state index contributed by atoms with van der Waals surface area (Å²) in [4.78, 5) is 70.7. The maximum atomic E-state index is 14.2. The summed E-state index contributed by atoms with van der Waals surface area (Å²) in [5, 5.41) is 8.52. The molecule has 4 aromatic rings. The fraction of sp³-hybridized carbons (Fsp3) is 0.324. The molecule has 0 spiro atoms. The van der Waals surface area contributed by atoms with E-state index in [4.69, 9.17) is 19.3 Å². The highest BCUT2D eigenvalue weighted by Gasteiger charge is 2.69. The first-order valence-corrected chi connectivity index (χ1v) is 20.4.